The first-order chi connectivity index (χ1) is 12.7. The maximum Gasteiger partial charge on any atom is 0.414 e. The van der Waals surface area contributed by atoms with E-state index in [0.29, 0.717) is 5.56 Å². The molecular formula is C22H19NO3. The van der Waals surface area contributed by atoms with E-state index in [1.54, 1.807) is 13.1 Å². The summed E-state index contributed by atoms with van der Waals surface area (Å²) in [5, 5.41) is 0. The van der Waals surface area contributed by atoms with Crippen LogP contribution in [0.3, 0.4) is 0 Å². The van der Waals surface area contributed by atoms with Crippen LogP contribution in [0.25, 0.3) is 11.1 Å². The SMILES string of the molecule is CN(C(=O)OCc1ccccc1)c1cccc(-c2cccc(C=O)c2)c1. The van der Waals surface area contributed by atoms with Gasteiger partial charge in [-0.2, -0.15) is 0 Å². The fourth-order valence-electron chi connectivity index (χ4n) is 2.61. The summed E-state index contributed by atoms with van der Waals surface area (Å²) in [6.45, 7) is 0.227. The van der Waals surface area contributed by atoms with Gasteiger partial charge in [-0.3, -0.25) is 9.69 Å². The molecule has 0 radical (unpaired) electrons. The van der Waals surface area contributed by atoms with Crippen molar-refractivity contribution < 1.29 is 14.3 Å². The number of amides is 1. The predicted molar refractivity (Wildman–Crippen MR) is 102 cm³/mol. The molecule has 130 valence electrons. The Labute approximate surface area is 152 Å². The smallest absolute Gasteiger partial charge is 0.414 e. The van der Waals surface area contributed by atoms with Crippen LogP contribution < -0.4 is 4.90 Å². The maximum atomic E-state index is 12.3. The second kappa shape index (κ2) is 8.12. The highest BCUT2D eigenvalue weighted by Gasteiger charge is 2.13. The van der Waals surface area contributed by atoms with Crippen molar-refractivity contribution in [3.63, 3.8) is 0 Å². The van der Waals surface area contributed by atoms with Crippen molar-refractivity contribution in [2.45, 2.75) is 6.61 Å². The molecule has 0 fully saturated rings. The standard InChI is InChI=1S/C22H19NO3/c1-23(22(25)26-16-17-7-3-2-4-8-17)21-12-6-11-20(14-21)19-10-5-9-18(13-19)15-24/h2-15H,16H2,1H3. The summed E-state index contributed by atoms with van der Waals surface area (Å²) in [6, 6.07) is 24.5. The van der Waals surface area contributed by atoms with E-state index in [-0.39, 0.29) is 6.61 Å². The predicted octanol–water partition coefficient (Wildman–Crippen LogP) is 4.94. The van der Waals surface area contributed by atoms with E-state index < -0.39 is 6.09 Å². The number of aldehydes is 1. The Morgan fingerprint density at radius 3 is 2.35 bits per heavy atom. The van der Waals surface area contributed by atoms with Crippen LogP contribution in [0.2, 0.25) is 0 Å². The summed E-state index contributed by atoms with van der Waals surface area (Å²) in [5.74, 6) is 0. The van der Waals surface area contributed by atoms with Crippen molar-refractivity contribution in [2.75, 3.05) is 11.9 Å². The molecule has 3 rings (SSSR count). The first-order valence-corrected chi connectivity index (χ1v) is 8.27. The highest BCUT2D eigenvalue weighted by Crippen LogP contribution is 2.25. The van der Waals surface area contributed by atoms with Crippen LogP contribution >= 0.6 is 0 Å². The van der Waals surface area contributed by atoms with Gasteiger partial charge in [-0.25, -0.2) is 4.79 Å². The van der Waals surface area contributed by atoms with E-state index in [1.807, 2.05) is 72.8 Å². The Balaban J connectivity index is 1.74. The van der Waals surface area contributed by atoms with E-state index in [1.165, 1.54) is 4.90 Å². The lowest BCUT2D eigenvalue weighted by Crippen LogP contribution is -2.26. The number of benzene rings is 3. The lowest BCUT2D eigenvalue weighted by atomic mass is 10.0. The number of carbonyl (C=O) groups is 2. The van der Waals surface area contributed by atoms with Gasteiger partial charge in [0.1, 0.15) is 12.9 Å². The molecule has 1 amide bonds. The zero-order valence-electron chi connectivity index (χ0n) is 14.5. The molecule has 0 bridgehead atoms. The van der Waals surface area contributed by atoms with Gasteiger partial charge >= 0.3 is 6.09 Å². The minimum absolute atomic E-state index is 0.227. The van der Waals surface area contributed by atoms with E-state index in [9.17, 15) is 9.59 Å². The van der Waals surface area contributed by atoms with E-state index in [0.717, 1.165) is 28.7 Å². The summed E-state index contributed by atoms with van der Waals surface area (Å²) in [6.07, 6.45) is 0.396. The van der Waals surface area contributed by atoms with Crippen molar-refractivity contribution in [3.05, 3.63) is 90.0 Å². The van der Waals surface area contributed by atoms with Gasteiger partial charge < -0.3 is 4.74 Å². The first kappa shape index (κ1) is 17.4. The number of anilines is 1. The molecule has 3 aromatic carbocycles. The van der Waals surface area contributed by atoms with E-state index in [2.05, 4.69) is 0 Å². The zero-order valence-corrected chi connectivity index (χ0v) is 14.5. The van der Waals surface area contributed by atoms with Gasteiger partial charge in [0.25, 0.3) is 0 Å². The Morgan fingerprint density at radius 2 is 1.62 bits per heavy atom. The summed E-state index contributed by atoms with van der Waals surface area (Å²) in [4.78, 5) is 24.8. The molecule has 0 N–H and O–H groups in total. The highest BCUT2D eigenvalue weighted by molar-refractivity contribution is 5.88. The molecule has 26 heavy (non-hydrogen) atoms. The van der Waals surface area contributed by atoms with Crippen LogP contribution in [-0.4, -0.2) is 19.4 Å². The fourth-order valence-corrected chi connectivity index (χ4v) is 2.61. The van der Waals surface area contributed by atoms with E-state index >= 15 is 0 Å². The van der Waals surface area contributed by atoms with Crippen molar-refractivity contribution in [1.29, 1.82) is 0 Å². The number of rotatable bonds is 5. The van der Waals surface area contributed by atoms with Crippen molar-refractivity contribution >= 4 is 18.1 Å². The number of hydrogen-bond acceptors (Lipinski definition) is 3. The molecule has 0 aliphatic carbocycles. The van der Waals surface area contributed by atoms with Crippen LogP contribution in [0.5, 0.6) is 0 Å². The molecule has 0 saturated heterocycles. The molecule has 4 heteroatoms. The molecule has 0 spiro atoms. The second-order valence-electron chi connectivity index (χ2n) is 5.89. The molecule has 0 aliphatic rings. The molecular weight excluding hydrogens is 326 g/mol. The minimum atomic E-state index is -0.423. The van der Waals surface area contributed by atoms with Crippen molar-refractivity contribution in [3.8, 4) is 11.1 Å². The molecule has 0 heterocycles. The Kier molecular flexibility index (Phi) is 5.44. The Morgan fingerprint density at radius 1 is 0.923 bits per heavy atom. The van der Waals surface area contributed by atoms with Crippen LogP contribution in [0.1, 0.15) is 15.9 Å². The van der Waals surface area contributed by atoms with Crippen molar-refractivity contribution in [2.24, 2.45) is 0 Å². The molecule has 0 saturated carbocycles. The van der Waals surface area contributed by atoms with Gasteiger partial charge in [-0.05, 0) is 34.9 Å². The van der Waals surface area contributed by atoms with Gasteiger partial charge in [-0.15, -0.1) is 0 Å². The molecule has 0 unspecified atom stereocenters. The Hall–Kier alpha value is -3.40. The van der Waals surface area contributed by atoms with Crippen LogP contribution in [0.15, 0.2) is 78.9 Å². The number of hydrogen-bond donors (Lipinski definition) is 0. The summed E-state index contributed by atoms with van der Waals surface area (Å²) >= 11 is 0. The minimum Gasteiger partial charge on any atom is -0.444 e. The highest BCUT2D eigenvalue weighted by atomic mass is 16.6. The lowest BCUT2D eigenvalue weighted by molar-refractivity contribution is 0.112. The quantitative estimate of drug-likeness (QED) is 0.615. The van der Waals surface area contributed by atoms with Crippen LogP contribution in [0.4, 0.5) is 10.5 Å². The third kappa shape index (κ3) is 4.16. The van der Waals surface area contributed by atoms with Gasteiger partial charge in [0.05, 0.1) is 0 Å². The Bertz CT molecular complexity index is 906. The summed E-state index contributed by atoms with van der Waals surface area (Å²) < 4.78 is 5.37. The number of ether oxygens (including phenoxy) is 1. The molecule has 4 nitrogen and oxygen atoms in total. The number of nitrogens with zero attached hydrogens (tertiary/aromatic N) is 1. The molecule has 3 aromatic rings. The topological polar surface area (TPSA) is 46.6 Å². The third-order valence-corrected chi connectivity index (χ3v) is 4.07. The van der Waals surface area contributed by atoms with Crippen molar-refractivity contribution in [1.82, 2.24) is 0 Å². The number of carbonyl (C=O) groups excluding carboxylic acids is 2. The summed E-state index contributed by atoms with van der Waals surface area (Å²) in [7, 11) is 1.67. The first-order valence-electron chi connectivity index (χ1n) is 8.27. The van der Waals surface area contributed by atoms with Crippen LogP contribution in [0, 0.1) is 0 Å². The van der Waals surface area contributed by atoms with Gasteiger partial charge in [0.2, 0.25) is 0 Å². The molecule has 0 aliphatic heterocycles. The maximum absolute atomic E-state index is 12.3. The lowest BCUT2D eigenvalue weighted by Gasteiger charge is -2.18. The monoisotopic (exact) mass is 345 g/mol. The zero-order chi connectivity index (χ0) is 18.4. The van der Waals surface area contributed by atoms with E-state index in [4.69, 9.17) is 4.74 Å². The third-order valence-electron chi connectivity index (χ3n) is 4.07. The van der Waals surface area contributed by atoms with Gasteiger partial charge in [0.15, 0.2) is 0 Å². The average molecular weight is 345 g/mol. The van der Waals surface area contributed by atoms with Gasteiger partial charge in [0, 0.05) is 18.3 Å². The fraction of sp³-hybridized carbons (Fsp3) is 0.0909. The molecule has 0 atom stereocenters. The van der Waals surface area contributed by atoms with Crippen LogP contribution in [-0.2, 0) is 11.3 Å². The average Bonchev–Trinajstić information content (AvgIpc) is 2.72. The van der Waals surface area contributed by atoms with Gasteiger partial charge in [-0.1, -0.05) is 60.7 Å². The normalized spacial score (nSPS) is 10.2. The summed E-state index contributed by atoms with van der Waals surface area (Å²) in [5.41, 5.74) is 4.12. The molecule has 0 aromatic heterocycles. The second-order valence-corrected chi connectivity index (χ2v) is 5.89. The largest absolute Gasteiger partial charge is 0.444 e.